The first-order chi connectivity index (χ1) is 7.70. The predicted molar refractivity (Wildman–Crippen MR) is 62.7 cm³/mol. The first kappa shape index (κ1) is 10.9. The monoisotopic (exact) mass is 220 g/mol. The highest BCUT2D eigenvalue weighted by Crippen LogP contribution is 2.14. The Morgan fingerprint density at radius 1 is 1.56 bits per heavy atom. The molecule has 0 bridgehead atoms. The molecule has 0 saturated heterocycles. The van der Waals surface area contributed by atoms with Crippen LogP contribution >= 0.6 is 0 Å². The van der Waals surface area contributed by atoms with Crippen LogP contribution in [0.4, 0.5) is 5.82 Å². The van der Waals surface area contributed by atoms with Crippen molar-refractivity contribution in [2.24, 2.45) is 0 Å². The molecule has 0 aromatic carbocycles. The Kier molecular flexibility index (Phi) is 3.05. The molecule has 5 nitrogen and oxygen atoms in total. The van der Waals surface area contributed by atoms with Crippen LogP contribution in [-0.4, -0.2) is 34.4 Å². The van der Waals surface area contributed by atoms with Crippen LogP contribution in [0.5, 0.6) is 0 Å². The zero-order valence-corrected chi connectivity index (χ0v) is 9.77. The molecule has 2 heterocycles. The fourth-order valence-corrected chi connectivity index (χ4v) is 1.50. The first-order valence-electron chi connectivity index (χ1n) is 5.28. The molecule has 5 heteroatoms. The van der Waals surface area contributed by atoms with Gasteiger partial charge < -0.3 is 10.1 Å². The summed E-state index contributed by atoms with van der Waals surface area (Å²) in [4.78, 5) is 4.30. The van der Waals surface area contributed by atoms with Crippen LogP contribution in [0.3, 0.4) is 0 Å². The number of nitrogens with zero attached hydrogens (tertiary/aromatic N) is 3. The molecule has 0 saturated carbocycles. The summed E-state index contributed by atoms with van der Waals surface area (Å²) in [6.45, 7) is 4.71. The van der Waals surface area contributed by atoms with E-state index in [1.54, 1.807) is 13.3 Å². The molecule has 0 radical (unpaired) electrons. The average Bonchev–Trinajstić information content (AvgIpc) is 2.66. The molecule has 0 aliphatic carbocycles. The molecule has 86 valence electrons. The van der Waals surface area contributed by atoms with E-state index in [2.05, 4.69) is 15.4 Å². The highest BCUT2D eigenvalue weighted by Gasteiger charge is 2.06. The number of anilines is 1. The molecule has 16 heavy (non-hydrogen) atoms. The van der Waals surface area contributed by atoms with Gasteiger partial charge in [0.1, 0.15) is 5.52 Å². The Hall–Kier alpha value is -1.62. The number of rotatable bonds is 4. The minimum Gasteiger partial charge on any atom is -0.380 e. The molecule has 0 amide bonds. The van der Waals surface area contributed by atoms with Gasteiger partial charge in [-0.1, -0.05) is 0 Å². The molecule has 0 spiro atoms. The number of fused-ring (bicyclic) bond motifs is 1. The van der Waals surface area contributed by atoms with Gasteiger partial charge in [-0.3, -0.25) is 0 Å². The molecular weight excluding hydrogens is 204 g/mol. The summed E-state index contributed by atoms with van der Waals surface area (Å²) in [5.41, 5.74) is 1.97. The average molecular weight is 220 g/mol. The van der Waals surface area contributed by atoms with E-state index in [0.717, 1.165) is 23.6 Å². The second kappa shape index (κ2) is 4.49. The van der Waals surface area contributed by atoms with Gasteiger partial charge in [0.15, 0.2) is 5.82 Å². The van der Waals surface area contributed by atoms with Crippen LogP contribution in [0.15, 0.2) is 18.5 Å². The third-order valence-electron chi connectivity index (χ3n) is 2.47. The fourth-order valence-electron chi connectivity index (χ4n) is 1.50. The Bertz CT molecular complexity index is 480. The number of hydrogen-bond donors (Lipinski definition) is 1. The third kappa shape index (κ3) is 2.14. The zero-order valence-electron chi connectivity index (χ0n) is 9.77. The largest absolute Gasteiger partial charge is 0.380 e. The van der Waals surface area contributed by atoms with Gasteiger partial charge in [-0.25, -0.2) is 9.50 Å². The van der Waals surface area contributed by atoms with Crippen molar-refractivity contribution in [3.63, 3.8) is 0 Å². The minimum atomic E-state index is 0.158. The highest BCUT2D eigenvalue weighted by molar-refractivity contribution is 5.67. The number of methoxy groups -OCH3 is 1. The van der Waals surface area contributed by atoms with Gasteiger partial charge in [-0.05, 0) is 19.9 Å². The second-order valence-corrected chi connectivity index (χ2v) is 3.82. The van der Waals surface area contributed by atoms with Crippen molar-refractivity contribution in [3.8, 4) is 0 Å². The molecule has 2 rings (SSSR count). The Morgan fingerprint density at radius 2 is 2.38 bits per heavy atom. The van der Waals surface area contributed by atoms with Gasteiger partial charge in [0.25, 0.3) is 0 Å². The minimum absolute atomic E-state index is 0.158. The number of nitrogens with one attached hydrogen (secondary N) is 1. The van der Waals surface area contributed by atoms with Crippen LogP contribution < -0.4 is 5.32 Å². The number of aryl methyl sites for hydroxylation is 1. The summed E-state index contributed by atoms with van der Waals surface area (Å²) in [5, 5.41) is 7.58. The van der Waals surface area contributed by atoms with E-state index in [0.29, 0.717) is 0 Å². The Labute approximate surface area is 94.4 Å². The van der Waals surface area contributed by atoms with E-state index >= 15 is 0 Å². The summed E-state index contributed by atoms with van der Waals surface area (Å²) < 4.78 is 7.00. The summed E-state index contributed by atoms with van der Waals surface area (Å²) >= 11 is 0. The van der Waals surface area contributed by atoms with Gasteiger partial charge in [0.05, 0.1) is 11.8 Å². The highest BCUT2D eigenvalue weighted by atomic mass is 16.5. The lowest BCUT2D eigenvalue weighted by Gasteiger charge is -2.11. The van der Waals surface area contributed by atoms with E-state index in [4.69, 9.17) is 4.74 Å². The van der Waals surface area contributed by atoms with Crippen LogP contribution in [0.25, 0.3) is 5.52 Å². The molecule has 2 aromatic rings. The number of hydrogen-bond acceptors (Lipinski definition) is 4. The van der Waals surface area contributed by atoms with Crippen LogP contribution in [-0.2, 0) is 4.74 Å². The molecule has 0 aliphatic rings. The summed E-state index contributed by atoms with van der Waals surface area (Å²) in [6, 6.07) is 2.01. The van der Waals surface area contributed by atoms with Crippen LogP contribution in [0.1, 0.15) is 12.6 Å². The molecule has 1 N–H and O–H groups in total. The van der Waals surface area contributed by atoms with Gasteiger partial charge in [-0.2, -0.15) is 5.10 Å². The van der Waals surface area contributed by atoms with Crippen molar-refractivity contribution in [2.75, 3.05) is 19.0 Å². The van der Waals surface area contributed by atoms with E-state index in [1.807, 2.05) is 30.6 Å². The van der Waals surface area contributed by atoms with Crippen molar-refractivity contribution >= 4 is 11.3 Å². The topological polar surface area (TPSA) is 51.5 Å². The molecule has 1 unspecified atom stereocenters. The van der Waals surface area contributed by atoms with Gasteiger partial charge >= 0.3 is 0 Å². The van der Waals surface area contributed by atoms with Crippen LogP contribution in [0.2, 0.25) is 0 Å². The number of ether oxygens (including phenoxy) is 1. The Balaban J connectivity index is 2.23. The molecular formula is C11H16N4O. The quantitative estimate of drug-likeness (QED) is 0.848. The second-order valence-electron chi connectivity index (χ2n) is 3.82. The summed E-state index contributed by atoms with van der Waals surface area (Å²) in [7, 11) is 1.70. The SMILES string of the molecule is COC(C)CNc1nccn2nc(C)cc12. The number of aromatic nitrogens is 3. The van der Waals surface area contributed by atoms with Crippen molar-refractivity contribution < 1.29 is 4.74 Å². The van der Waals surface area contributed by atoms with Crippen molar-refractivity contribution in [1.82, 2.24) is 14.6 Å². The van der Waals surface area contributed by atoms with E-state index < -0.39 is 0 Å². The smallest absolute Gasteiger partial charge is 0.152 e. The van der Waals surface area contributed by atoms with E-state index in [1.165, 1.54) is 0 Å². The Morgan fingerprint density at radius 3 is 3.12 bits per heavy atom. The van der Waals surface area contributed by atoms with Crippen LogP contribution in [0, 0.1) is 6.92 Å². The van der Waals surface area contributed by atoms with Crippen molar-refractivity contribution in [2.45, 2.75) is 20.0 Å². The van der Waals surface area contributed by atoms with E-state index in [-0.39, 0.29) is 6.10 Å². The van der Waals surface area contributed by atoms with Crippen molar-refractivity contribution in [1.29, 1.82) is 0 Å². The molecule has 0 aliphatic heterocycles. The fraction of sp³-hybridized carbons (Fsp3) is 0.455. The molecule has 2 aromatic heterocycles. The molecule has 0 fully saturated rings. The summed E-state index contributed by atoms with van der Waals surface area (Å²) in [5.74, 6) is 0.840. The third-order valence-corrected chi connectivity index (χ3v) is 2.47. The van der Waals surface area contributed by atoms with Gasteiger partial charge in [0, 0.05) is 26.0 Å². The maximum Gasteiger partial charge on any atom is 0.152 e. The normalized spacial score (nSPS) is 12.9. The molecule has 1 atom stereocenters. The maximum atomic E-state index is 5.18. The summed E-state index contributed by atoms with van der Waals surface area (Å²) in [6.07, 6.45) is 3.73. The predicted octanol–water partition coefficient (Wildman–Crippen LogP) is 1.48. The lowest BCUT2D eigenvalue weighted by molar-refractivity contribution is 0.128. The van der Waals surface area contributed by atoms with Crippen molar-refractivity contribution in [3.05, 3.63) is 24.2 Å². The first-order valence-corrected chi connectivity index (χ1v) is 5.28. The van der Waals surface area contributed by atoms with Gasteiger partial charge in [0.2, 0.25) is 0 Å². The van der Waals surface area contributed by atoms with E-state index in [9.17, 15) is 0 Å². The maximum absolute atomic E-state index is 5.18. The standard InChI is InChI=1S/C11H16N4O/c1-8-6-10-11(13-7-9(2)16-3)12-4-5-15(10)14-8/h4-6,9H,7H2,1-3H3,(H,12,13). The lowest BCUT2D eigenvalue weighted by atomic mass is 10.3. The zero-order chi connectivity index (χ0) is 11.5. The lowest BCUT2D eigenvalue weighted by Crippen LogP contribution is -2.19. The van der Waals surface area contributed by atoms with Gasteiger partial charge in [-0.15, -0.1) is 0 Å².